The Hall–Kier alpha value is -1.13. The standard InChI is InChI=1S/C16H29N3O/c1-5-9-17-14(4)15-8-10-18-16(13-15)20-12-11-19(6-2)7-3/h8,10,13-14,17H,5-7,9,11-12H2,1-4H3. The van der Waals surface area contributed by atoms with Gasteiger partial charge in [-0.2, -0.15) is 0 Å². The van der Waals surface area contributed by atoms with Crippen molar-refractivity contribution in [1.29, 1.82) is 0 Å². The summed E-state index contributed by atoms with van der Waals surface area (Å²) in [4.78, 5) is 6.62. The third-order valence-electron chi connectivity index (χ3n) is 3.51. The topological polar surface area (TPSA) is 37.4 Å². The molecule has 0 aromatic carbocycles. The Bertz CT molecular complexity index is 366. The second kappa shape index (κ2) is 9.72. The first-order valence-electron chi connectivity index (χ1n) is 7.75. The fourth-order valence-electron chi connectivity index (χ4n) is 2.07. The minimum absolute atomic E-state index is 0.336. The summed E-state index contributed by atoms with van der Waals surface area (Å²) in [6.07, 6.45) is 2.97. The zero-order valence-corrected chi connectivity index (χ0v) is 13.4. The summed E-state index contributed by atoms with van der Waals surface area (Å²) in [7, 11) is 0. The van der Waals surface area contributed by atoms with Crippen molar-refractivity contribution in [2.24, 2.45) is 0 Å². The molecule has 4 nitrogen and oxygen atoms in total. The first kappa shape index (κ1) is 16.9. The summed E-state index contributed by atoms with van der Waals surface area (Å²) in [5.41, 5.74) is 1.23. The van der Waals surface area contributed by atoms with Crippen LogP contribution in [0.15, 0.2) is 18.3 Å². The van der Waals surface area contributed by atoms with Gasteiger partial charge >= 0.3 is 0 Å². The van der Waals surface area contributed by atoms with Gasteiger partial charge in [0, 0.05) is 24.8 Å². The number of aromatic nitrogens is 1. The molecule has 1 unspecified atom stereocenters. The maximum Gasteiger partial charge on any atom is 0.213 e. The lowest BCUT2D eigenvalue weighted by Crippen LogP contribution is -2.28. The minimum atomic E-state index is 0.336. The van der Waals surface area contributed by atoms with Crippen molar-refractivity contribution in [3.8, 4) is 5.88 Å². The molecule has 1 aromatic rings. The number of pyridine rings is 1. The smallest absolute Gasteiger partial charge is 0.213 e. The Morgan fingerprint density at radius 3 is 2.70 bits per heavy atom. The molecule has 20 heavy (non-hydrogen) atoms. The zero-order valence-electron chi connectivity index (χ0n) is 13.4. The molecule has 0 aliphatic rings. The van der Waals surface area contributed by atoms with Gasteiger partial charge in [0.05, 0.1) is 0 Å². The Morgan fingerprint density at radius 1 is 1.30 bits per heavy atom. The van der Waals surface area contributed by atoms with E-state index in [1.807, 2.05) is 18.3 Å². The van der Waals surface area contributed by atoms with Gasteiger partial charge in [-0.1, -0.05) is 20.8 Å². The Morgan fingerprint density at radius 2 is 2.05 bits per heavy atom. The van der Waals surface area contributed by atoms with E-state index in [2.05, 4.69) is 42.9 Å². The van der Waals surface area contributed by atoms with Crippen LogP contribution in [0, 0.1) is 0 Å². The predicted molar refractivity (Wildman–Crippen MR) is 84.2 cm³/mol. The fourth-order valence-corrected chi connectivity index (χ4v) is 2.07. The van der Waals surface area contributed by atoms with Crippen LogP contribution in [0.5, 0.6) is 5.88 Å². The van der Waals surface area contributed by atoms with E-state index in [4.69, 9.17) is 4.74 Å². The van der Waals surface area contributed by atoms with Crippen molar-refractivity contribution < 1.29 is 4.74 Å². The molecule has 0 saturated carbocycles. The highest BCUT2D eigenvalue weighted by Gasteiger charge is 2.06. The van der Waals surface area contributed by atoms with Crippen LogP contribution < -0.4 is 10.1 Å². The van der Waals surface area contributed by atoms with E-state index in [1.165, 1.54) is 5.56 Å². The summed E-state index contributed by atoms with van der Waals surface area (Å²) in [5.74, 6) is 0.722. The number of hydrogen-bond acceptors (Lipinski definition) is 4. The molecule has 1 rings (SSSR count). The number of nitrogens with zero attached hydrogens (tertiary/aromatic N) is 2. The van der Waals surface area contributed by atoms with E-state index < -0.39 is 0 Å². The molecule has 0 bridgehead atoms. The number of nitrogens with one attached hydrogen (secondary N) is 1. The number of ether oxygens (including phenoxy) is 1. The van der Waals surface area contributed by atoms with Crippen LogP contribution >= 0.6 is 0 Å². The summed E-state index contributed by atoms with van der Waals surface area (Å²) in [5, 5.41) is 3.48. The summed E-state index contributed by atoms with van der Waals surface area (Å²) in [6.45, 7) is 13.5. The Kier molecular flexibility index (Phi) is 8.23. The summed E-state index contributed by atoms with van der Waals surface area (Å²) in [6, 6.07) is 4.42. The lowest BCUT2D eigenvalue weighted by Gasteiger charge is -2.18. The second-order valence-electron chi connectivity index (χ2n) is 4.98. The maximum absolute atomic E-state index is 5.75. The number of hydrogen-bond donors (Lipinski definition) is 1. The quantitative estimate of drug-likeness (QED) is 0.714. The lowest BCUT2D eigenvalue weighted by atomic mass is 10.1. The molecular formula is C16H29N3O. The third kappa shape index (κ3) is 5.88. The van der Waals surface area contributed by atoms with Crippen LogP contribution in [0.1, 0.15) is 45.7 Å². The molecule has 0 aliphatic heterocycles. The Balaban J connectivity index is 2.47. The van der Waals surface area contributed by atoms with Gasteiger partial charge in [0.15, 0.2) is 0 Å². The van der Waals surface area contributed by atoms with Gasteiger partial charge in [0.25, 0.3) is 0 Å². The highest BCUT2D eigenvalue weighted by atomic mass is 16.5. The van der Waals surface area contributed by atoms with E-state index in [0.717, 1.165) is 38.5 Å². The molecular weight excluding hydrogens is 250 g/mol. The number of likely N-dealkylation sites (N-methyl/N-ethyl adjacent to an activating group) is 1. The molecule has 1 N–H and O–H groups in total. The highest BCUT2D eigenvalue weighted by molar-refractivity contribution is 5.23. The second-order valence-corrected chi connectivity index (χ2v) is 4.98. The average molecular weight is 279 g/mol. The van der Waals surface area contributed by atoms with Gasteiger partial charge in [-0.15, -0.1) is 0 Å². The van der Waals surface area contributed by atoms with Crippen LogP contribution in [0.4, 0.5) is 0 Å². The third-order valence-corrected chi connectivity index (χ3v) is 3.51. The van der Waals surface area contributed by atoms with E-state index in [0.29, 0.717) is 12.6 Å². The normalized spacial score (nSPS) is 12.7. The largest absolute Gasteiger partial charge is 0.476 e. The van der Waals surface area contributed by atoms with Crippen molar-refractivity contribution >= 4 is 0 Å². The summed E-state index contributed by atoms with van der Waals surface area (Å²) >= 11 is 0. The molecule has 0 spiro atoms. The first-order valence-corrected chi connectivity index (χ1v) is 7.75. The molecule has 1 aromatic heterocycles. The Labute approximate surface area is 123 Å². The SMILES string of the molecule is CCCNC(C)c1ccnc(OCCN(CC)CC)c1. The van der Waals surface area contributed by atoms with Gasteiger partial charge in [0.1, 0.15) is 6.61 Å². The molecule has 1 atom stereocenters. The van der Waals surface area contributed by atoms with Crippen LogP contribution in [0.25, 0.3) is 0 Å². The van der Waals surface area contributed by atoms with Gasteiger partial charge < -0.3 is 15.0 Å². The molecule has 0 saturated heterocycles. The van der Waals surface area contributed by atoms with Crippen LogP contribution in [0.2, 0.25) is 0 Å². The average Bonchev–Trinajstić information content (AvgIpc) is 2.49. The molecule has 0 fully saturated rings. The van der Waals surface area contributed by atoms with E-state index in [1.54, 1.807) is 0 Å². The highest BCUT2D eigenvalue weighted by Crippen LogP contribution is 2.16. The van der Waals surface area contributed by atoms with Crippen LogP contribution in [0.3, 0.4) is 0 Å². The first-order chi connectivity index (χ1) is 9.71. The number of rotatable bonds is 10. The maximum atomic E-state index is 5.75. The molecule has 0 amide bonds. The molecule has 0 aliphatic carbocycles. The van der Waals surface area contributed by atoms with Crippen LogP contribution in [-0.4, -0.2) is 42.7 Å². The zero-order chi connectivity index (χ0) is 14.8. The van der Waals surface area contributed by atoms with Crippen molar-refractivity contribution in [2.75, 3.05) is 32.8 Å². The van der Waals surface area contributed by atoms with Crippen molar-refractivity contribution in [3.05, 3.63) is 23.9 Å². The molecule has 1 heterocycles. The van der Waals surface area contributed by atoms with E-state index in [9.17, 15) is 0 Å². The van der Waals surface area contributed by atoms with E-state index >= 15 is 0 Å². The van der Waals surface area contributed by atoms with Gasteiger partial charge in [-0.3, -0.25) is 0 Å². The summed E-state index contributed by atoms with van der Waals surface area (Å²) < 4.78 is 5.75. The fraction of sp³-hybridized carbons (Fsp3) is 0.688. The lowest BCUT2D eigenvalue weighted by molar-refractivity contribution is 0.217. The van der Waals surface area contributed by atoms with Crippen LogP contribution in [-0.2, 0) is 0 Å². The van der Waals surface area contributed by atoms with Crippen molar-refractivity contribution in [3.63, 3.8) is 0 Å². The molecule has 4 heteroatoms. The molecule has 0 radical (unpaired) electrons. The monoisotopic (exact) mass is 279 g/mol. The molecule has 114 valence electrons. The van der Waals surface area contributed by atoms with Crippen molar-refractivity contribution in [1.82, 2.24) is 15.2 Å². The van der Waals surface area contributed by atoms with E-state index in [-0.39, 0.29) is 0 Å². The van der Waals surface area contributed by atoms with Gasteiger partial charge in [-0.25, -0.2) is 4.98 Å². The van der Waals surface area contributed by atoms with Gasteiger partial charge in [-0.05, 0) is 44.6 Å². The predicted octanol–water partition coefficient (Wildman–Crippen LogP) is 2.86. The minimum Gasteiger partial charge on any atom is -0.476 e. The van der Waals surface area contributed by atoms with Gasteiger partial charge in [0.2, 0.25) is 5.88 Å². The van der Waals surface area contributed by atoms with Crippen molar-refractivity contribution in [2.45, 2.75) is 40.2 Å².